The van der Waals surface area contributed by atoms with E-state index in [4.69, 9.17) is 0 Å². The highest BCUT2D eigenvalue weighted by atomic mass is 16.1. The smallest absolute Gasteiger partial charge is 0.221 e. The Morgan fingerprint density at radius 1 is 1.05 bits per heavy atom. The maximum atomic E-state index is 11.8. The van der Waals surface area contributed by atoms with Crippen molar-refractivity contribution in [3.63, 3.8) is 0 Å². The SMILES string of the molecule is O=C(CCN1CCCCCC1)NCCc1ccccc1. The van der Waals surface area contributed by atoms with Crippen molar-refractivity contribution in [2.75, 3.05) is 26.2 Å². The minimum Gasteiger partial charge on any atom is -0.356 e. The number of benzene rings is 1. The van der Waals surface area contributed by atoms with E-state index in [0.717, 1.165) is 32.6 Å². The minimum absolute atomic E-state index is 0.185. The molecule has 1 heterocycles. The van der Waals surface area contributed by atoms with Crippen LogP contribution in [0.1, 0.15) is 37.7 Å². The molecule has 1 N–H and O–H groups in total. The molecule has 3 heteroatoms. The molecule has 1 aromatic rings. The molecule has 1 saturated heterocycles. The Bertz CT molecular complexity index is 383. The number of rotatable bonds is 6. The number of carbonyl (C=O) groups is 1. The molecular formula is C17H26N2O. The molecule has 0 saturated carbocycles. The molecule has 0 aliphatic carbocycles. The third-order valence-electron chi connectivity index (χ3n) is 3.93. The second-order valence-corrected chi connectivity index (χ2v) is 5.59. The molecule has 1 amide bonds. The summed E-state index contributed by atoms with van der Waals surface area (Å²) in [5, 5.41) is 3.02. The first-order valence-corrected chi connectivity index (χ1v) is 7.87. The third kappa shape index (κ3) is 5.74. The Labute approximate surface area is 122 Å². The van der Waals surface area contributed by atoms with Crippen molar-refractivity contribution in [1.29, 1.82) is 0 Å². The number of nitrogens with one attached hydrogen (secondary N) is 1. The fourth-order valence-corrected chi connectivity index (χ4v) is 2.70. The first-order chi connectivity index (χ1) is 9.84. The number of carbonyl (C=O) groups excluding carboxylic acids is 1. The summed E-state index contributed by atoms with van der Waals surface area (Å²) in [5.41, 5.74) is 1.28. The Balaban J connectivity index is 1.58. The summed E-state index contributed by atoms with van der Waals surface area (Å²) in [7, 11) is 0. The van der Waals surface area contributed by atoms with Gasteiger partial charge >= 0.3 is 0 Å². The van der Waals surface area contributed by atoms with Gasteiger partial charge in [0.05, 0.1) is 0 Å². The molecule has 110 valence electrons. The van der Waals surface area contributed by atoms with E-state index in [1.54, 1.807) is 0 Å². The van der Waals surface area contributed by atoms with Gasteiger partial charge in [0, 0.05) is 19.5 Å². The zero-order valence-electron chi connectivity index (χ0n) is 12.3. The summed E-state index contributed by atoms with van der Waals surface area (Å²) in [6.07, 6.45) is 6.82. The number of likely N-dealkylation sites (tertiary alicyclic amines) is 1. The highest BCUT2D eigenvalue weighted by molar-refractivity contribution is 5.76. The molecule has 0 radical (unpaired) electrons. The predicted octanol–water partition coefficient (Wildman–Crippen LogP) is 2.61. The van der Waals surface area contributed by atoms with Crippen molar-refractivity contribution in [3.05, 3.63) is 35.9 Å². The lowest BCUT2D eigenvalue weighted by Crippen LogP contribution is -2.32. The molecule has 0 atom stereocenters. The summed E-state index contributed by atoms with van der Waals surface area (Å²) in [6.45, 7) is 3.98. The summed E-state index contributed by atoms with van der Waals surface area (Å²) < 4.78 is 0. The van der Waals surface area contributed by atoms with Gasteiger partial charge in [0.25, 0.3) is 0 Å². The van der Waals surface area contributed by atoms with E-state index in [-0.39, 0.29) is 5.91 Å². The van der Waals surface area contributed by atoms with Crippen LogP contribution in [0.15, 0.2) is 30.3 Å². The van der Waals surface area contributed by atoms with Gasteiger partial charge < -0.3 is 10.2 Å². The van der Waals surface area contributed by atoms with E-state index in [0.29, 0.717) is 6.42 Å². The number of hydrogen-bond acceptors (Lipinski definition) is 2. The summed E-state index contributed by atoms with van der Waals surface area (Å²) in [5.74, 6) is 0.185. The van der Waals surface area contributed by atoms with Crippen LogP contribution in [0.3, 0.4) is 0 Å². The molecule has 0 aromatic heterocycles. The summed E-state index contributed by atoms with van der Waals surface area (Å²) in [6, 6.07) is 10.3. The van der Waals surface area contributed by atoms with Gasteiger partial charge in [-0.15, -0.1) is 0 Å². The Morgan fingerprint density at radius 3 is 2.45 bits per heavy atom. The maximum absolute atomic E-state index is 11.8. The van der Waals surface area contributed by atoms with Gasteiger partial charge in [-0.25, -0.2) is 0 Å². The van der Waals surface area contributed by atoms with Gasteiger partial charge in [0.1, 0.15) is 0 Å². The van der Waals surface area contributed by atoms with Crippen molar-refractivity contribution in [1.82, 2.24) is 10.2 Å². The molecule has 0 spiro atoms. The van der Waals surface area contributed by atoms with Crippen molar-refractivity contribution >= 4 is 5.91 Å². The normalized spacial score (nSPS) is 16.6. The minimum atomic E-state index is 0.185. The molecule has 0 bridgehead atoms. The van der Waals surface area contributed by atoms with Crippen LogP contribution in [0.2, 0.25) is 0 Å². The van der Waals surface area contributed by atoms with Crippen molar-refractivity contribution < 1.29 is 4.79 Å². The summed E-state index contributed by atoms with van der Waals surface area (Å²) >= 11 is 0. The fourth-order valence-electron chi connectivity index (χ4n) is 2.70. The molecule has 2 rings (SSSR count). The van der Waals surface area contributed by atoms with E-state index in [2.05, 4.69) is 22.3 Å². The van der Waals surface area contributed by atoms with Crippen LogP contribution in [0.25, 0.3) is 0 Å². The van der Waals surface area contributed by atoms with E-state index in [9.17, 15) is 4.79 Å². The van der Waals surface area contributed by atoms with Crippen LogP contribution in [0, 0.1) is 0 Å². The third-order valence-corrected chi connectivity index (χ3v) is 3.93. The fraction of sp³-hybridized carbons (Fsp3) is 0.588. The molecule has 3 nitrogen and oxygen atoms in total. The van der Waals surface area contributed by atoms with Crippen molar-refractivity contribution in [3.8, 4) is 0 Å². The Morgan fingerprint density at radius 2 is 1.75 bits per heavy atom. The van der Waals surface area contributed by atoms with Gasteiger partial charge in [-0.1, -0.05) is 43.2 Å². The molecular weight excluding hydrogens is 248 g/mol. The van der Waals surface area contributed by atoms with E-state index in [1.165, 1.54) is 31.2 Å². The van der Waals surface area contributed by atoms with Crippen LogP contribution < -0.4 is 5.32 Å². The second-order valence-electron chi connectivity index (χ2n) is 5.59. The standard InChI is InChI=1S/C17H26N2O/c20-17(11-15-19-13-6-1-2-7-14-19)18-12-10-16-8-4-3-5-9-16/h3-5,8-9H,1-2,6-7,10-15H2,(H,18,20). The van der Waals surface area contributed by atoms with E-state index >= 15 is 0 Å². The molecule has 1 aliphatic heterocycles. The van der Waals surface area contributed by atoms with Crippen LogP contribution in [-0.2, 0) is 11.2 Å². The molecule has 1 fully saturated rings. The maximum Gasteiger partial charge on any atom is 0.221 e. The lowest BCUT2D eigenvalue weighted by molar-refractivity contribution is -0.121. The quantitative estimate of drug-likeness (QED) is 0.865. The van der Waals surface area contributed by atoms with E-state index < -0.39 is 0 Å². The van der Waals surface area contributed by atoms with Crippen molar-refractivity contribution in [2.45, 2.75) is 38.5 Å². The summed E-state index contributed by atoms with van der Waals surface area (Å²) in [4.78, 5) is 14.3. The molecule has 0 unspecified atom stereocenters. The first kappa shape index (κ1) is 15.0. The van der Waals surface area contributed by atoms with Gasteiger partial charge in [-0.05, 0) is 37.9 Å². The van der Waals surface area contributed by atoms with Crippen LogP contribution in [-0.4, -0.2) is 37.0 Å². The lowest BCUT2D eigenvalue weighted by Gasteiger charge is -2.19. The van der Waals surface area contributed by atoms with E-state index in [1.807, 2.05) is 18.2 Å². The van der Waals surface area contributed by atoms with Crippen molar-refractivity contribution in [2.24, 2.45) is 0 Å². The number of amides is 1. The van der Waals surface area contributed by atoms with Gasteiger partial charge in [0.15, 0.2) is 0 Å². The Hall–Kier alpha value is -1.35. The number of nitrogens with zero attached hydrogens (tertiary/aromatic N) is 1. The zero-order chi connectivity index (χ0) is 14.0. The molecule has 1 aromatic carbocycles. The highest BCUT2D eigenvalue weighted by Crippen LogP contribution is 2.09. The van der Waals surface area contributed by atoms with Crippen LogP contribution in [0.4, 0.5) is 0 Å². The molecule has 20 heavy (non-hydrogen) atoms. The predicted molar refractivity (Wildman–Crippen MR) is 82.7 cm³/mol. The highest BCUT2D eigenvalue weighted by Gasteiger charge is 2.10. The number of hydrogen-bond donors (Lipinski definition) is 1. The van der Waals surface area contributed by atoms with Gasteiger partial charge in [-0.3, -0.25) is 4.79 Å². The zero-order valence-corrected chi connectivity index (χ0v) is 12.3. The Kier molecular flexibility index (Phi) is 6.58. The average molecular weight is 274 g/mol. The largest absolute Gasteiger partial charge is 0.356 e. The monoisotopic (exact) mass is 274 g/mol. The van der Waals surface area contributed by atoms with Crippen LogP contribution >= 0.6 is 0 Å². The average Bonchev–Trinajstić information content (AvgIpc) is 2.75. The topological polar surface area (TPSA) is 32.3 Å². The van der Waals surface area contributed by atoms with Gasteiger partial charge in [0.2, 0.25) is 5.91 Å². The molecule has 1 aliphatic rings. The lowest BCUT2D eigenvalue weighted by atomic mass is 10.1. The second kappa shape index (κ2) is 8.75. The van der Waals surface area contributed by atoms with Crippen LogP contribution in [0.5, 0.6) is 0 Å². The van der Waals surface area contributed by atoms with Gasteiger partial charge in [-0.2, -0.15) is 0 Å². The first-order valence-electron chi connectivity index (χ1n) is 7.87.